The Bertz CT molecular complexity index is 680. The lowest BCUT2D eigenvalue weighted by atomic mass is 9.86. The zero-order valence-corrected chi connectivity index (χ0v) is 12.4. The Balaban J connectivity index is 2.03. The number of fused-ring (bicyclic) bond motifs is 1. The predicted molar refractivity (Wildman–Crippen MR) is 81.2 cm³/mol. The van der Waals surface area contributed by atoms with Gasteiger partial charge in [0.15, 0.2) is 5.54 Å². The fourth-order valence-electron chi connectivity index (χ4n) is 2.49. The molecule has 2 aromatic rings. The van der Waals surface area contributed by atoms with Gasteiger partial charge in [0.2, 0.25) is 0 Å². The fourth-order valence-corrected chi connectivity index (χ4v) is 2.89. The number of benzene rings is 2. The van der Waals surface area contributed by atoms with Gasteiger partial charge in [-0.1, -0.05) is 46.3 Å². The van der Waals surface area contributed by atoms with Gasteiger partial charge in [-0.25, -0.2) is 0 Å². The Morgan fingerprint density at radius 3 is 2.85 bits per heavy atom. The molecule has 100 valence electrons. The summed E-state index contributed by atoms with van der Waals surface area (Å²) in [6.45, 7) is 0.896. The highest BCUT2D eigenvalue weighted by molar-refractivity contribution is 9.10. The maximum atomic E-state index is 9.71. The van der Waals surface area contributed by atoms with Gasteiger partial charge < -0.3 is 10.1 Å². The first-order valence-electron chi connectivity index (χ1n) is 6.35. The van der Waals surface area contributed by atoms with Crippen LogP contribution in [0.3, 0.4) is 0 Å². The zero-order valence-electron chi connectivity index (χ0n) is 10.8. The first-order chi connectivity index (χ1) is 9.73. The molecule has 20 heavy (non-hydrogen) atoms. The van der Waals surface area contributed by atoms with Gasteiger partial charge in [0, 0.05) is 10.2 Å². The molecule has 1 unspecified atom stereocenters. The molecule has 0 saturated carbocycles. The van der Waals surface area contributed by atoms with Crippen molar-refractivity contribution in [2.24, 2.45) is 0 Å². The SMILES string of the molecule is N#CC1(Nc2cccc(Br)c2)COCc2ccccc21. The quantitative estimate of drug-likeness (QED) is 0.911. The summed E-state index contributed by atoms with van der Waals surface area (Å²) in [4.78, 5) is 0. The lowest BCUT2D eigenvalue weighted by Crippen LogP contribution is -2.42. The molecule has 0 aromatic heterocycles. The molecule has 0 saturated heterocycles. The van der Waals surface area contributed by atoms with E-state index >= 15 is 0 Å². The average Bonchev–Trinajstić information content (AvgIpc) is 2.47. The molecule has 0 amide bonds. The molecular formula is C16H13BrN2O. The molecule has 0 spiro atoms. The molecule has 0 radical (unpaired) electrons. The number of anilines is 1. The van der Waals surface area contributed by atoms with E-state index in [0.717, 1.165) is 21.3 Å². The van der Waals surface area contributed by atoms with Gasteiger partial charge in [-0.2, -0.15) is 5.26 Å². The van der Waals surface area contributed by atoms with Gasteiger partial charge in [-0.05, 0) is 29.3 Å². The van der Waals surface area contributed by atoms with E-state index in [1.807, 2.05) is 48.5 Å². The largest absolute Gasteiger partial charge is 0.373 e. The van der Waals surface area contributed by atoms with Crippen molar-refractivity contribution in [3.8, 4) is 6.07 Å². The maximum Gasteiger partial charge on any atom is 0.174 e. The van der Waals surface area contributed by atoms with Gasteiger partial charge in [0.1, 0.15) is 0 Å². The number of ether oxygens (including phenoxy) is 1. The molecule has 1 aliphatic rings. The summed E-state index contributed by atoms with van der Waals surface area (Å²) in [5.74, 6) is 0. The van der Waals surface area contributed by atoms with E-state index in [4.69, 9.17) is 4.74 Å². The molecule has 1 atom stereocenters. The third-order valence-electron chi connectivity index (χ3n) is 3.43. The molecule has 0 fully saturated rings. The molecular weight excluding hydrogens is 316 g/mol. The molecule has 1 aliphatic heterocycles. The van der Waals surface area contributed by atoms with Crippen molar-refractivity contribution in [3.63, 3.8) is 0 Å². The van der Waals surface area contributed by atoms with Crippen molar-refractivity contribution in [2.45, 2.75) is 12.1 Å². The van der Waals surface area contributed by atoms with Gasteiger partial charge in [0.25, 0.3) is 0 Å². The second-order valence-corrected chi connectivity index (χ2v) is 5.72. The molecule has 0 bridgehead atoms. The Hall–Kier alpha value is -1.83. The third-order valence-corrected chi connectivity index (χ3v) is 3.92. The first kappa shape index (κ1) is 13.2. The van der Waals surface area contributed by atoms with Crippen molar-refractivity contribution in [2.75, 3.05) is 11.9 Å². The zero-order chi connectivity index (χ0) is 14.0. The van der Waals surface area contributed by atoms with E-state index in [0.29, 0.717) is 13.2 Å². The van der Waals surface area contributed by atoms with E-state index in [-0.39, 0.29) is 0 Å². The summed E-state index contributed by atoms with van der Waals surface area (Å²) in [5.41, 5.74) is 2.10. The molecule has 1 heterocycles. The van der Waals surface area contributed by atoms with Crippen LogP contribution in [0.1, 0.15) is 11.1 Å². The molecule has 3 rings (SSSR count). The van der Waals surface area contributed by atoms with Crippen LogP contribution in [0, 0.1) is 11.3 Å². The molecule has 0 aliphatic carbocycles. The highest BCUT2D eigenvalue weighted by Crippen LogP contribution is 2.33. The number of hydrogen-bond acceptors (Lipinski definition) is 3. The summed E-state index contributed by atoms with van der Waals surface area (Å²) >= 11 is 3.44. The summed E-state index contributed by atoms with van der Waals surface area (Å²) in [6.07, 6.45) is 0. The van der Waals surface area contributed by atoms with E-state index in [1.54, 1.807) is 0 Å². The minimum absolute atomic E-state index is 0.340. The van der Waals surface area contributed by atoms with Crippen molar-refractivity contribution < 1.29 is 4.74 Å². The topological polar surface area (TPSA) is 45.0 Å². The Labute approximate surface area is 126 Å². The number of rotatable bonds is 2. The Morgan fingerprint density at radius 1 is 1.20 bits per heavy atom. The number of nitrogens with zero attached hydrogens (tertiary/aromatic N) is 1. The van der Waals surface area contributed by atoms with E-state index in [2.05, 4.69) is 27.3 Å². The van der Waals surface area contributed by atoms with Crippen LogP contribution in [0.4, 0.5) is 5.69 Å². The van der Waals surface area contributed by atoms with Crippen LogP contribution in [0.5, 0.6) is 0 Å². The Morgan fingerprint density at radius 2 is 2.05 bits per heavy atom. The minimum Gasteiger partial charge on any atom is -0.373 e. The van der Waals surface area contributed by atoms with Gasteiger partial charge >= 0.3 is 0 Å². The number of halogens is 1. The fraction of sp³-hybridized carbons (Fsp3) is 0.188. The van der Waals surface area contributed by atoms with Gasteiger partial charge in [-0.15, -0.1) is 0 Å². The summed E-state index contributed by atoms with van der Waals surface area (Å²) < 4.78 is 6.58. The molecule has 1 N–H and O–H groups in total. The molecule has 4 heteroatoms. The second-order valence-electron chi connectivity index (χ2n) is 4.80. The number of hydrogen-bond donors (Lipinski definition) is 1. The standard InChI is InChI=1S/C16H13BrN2O/c17-13-5-3-6-14(8-13)19-16(10-18)11-20-9-12-4-1-2-7-15(12)16/h1-8,19H,9,11H2. The van der Waals surface area contributed by atoms with Crippen LogP contribution in [0.15, 0.2) is 53.0 Å². The van der Waals surface area contributed by atoms with Crippen molar-refractivity contribution in [1.29, 1.82) is 5.26 Å². The maximum absolute atomic E-state index is 9.71. The van der Waals surface area contributed by atoms with E-state index < -0.39 is 5.54 Å². The number of nitrogens with one attached hydrogen (secondary N) is 1. The smallest absolute Gasteiger partial charge is 0.174 e. The van der Waals surface area contributed by atoms with Crippen LogP contribution in [-0.4, -0.2) is 6.61 Å². The monoisotopic (exact) mass is 328 g/mol. The van der Waals surface area contributed by atoms with Gasteiger partial charge in [0.05, 0.1) is 19.3 Å². The van der Waals surface area contributed by atoms with E-state index in [9.17, 15) is 5.26 Å². The molecule has 3 nitrogen and oxygen atoms in total. The van der Waals surface area contributed by atoms with Crippen LogP contribution < -0.4 is 5.32 Å². The summed E-state index contributed by atoms with van der Waals surface area (Å²) in [5, 5.41) is 13.0. The van der Waals surface area contributed by atoms with Crippen LogP contribution in [0.25, 0.3) is 0 Å². The highest BCUT2D eigenvalue weighted by atomic mass is 79.9. The lowest BCUT2D eigenvalue weighted by molar-refractivity contribution is 0.0786. The summed E-state index contributed by atoms with van der Waals surface area (Å²) in [6, 6.07) is 18.1. The van der Waals surface area contributed by atoms with E-state index in [1.165, 1.54) is 0 Å². The summed E-state index contributed by atoms with van der Waals surface area (Å²) in [7, 11) is 0. The normalized spacial score (nSPS) is 20.8. The minimum atomic E-state index is -0.838. The van der Waals surface area contributed by atoms with Crippen LogP contribution in [-0.2, 0) is 16.9 Å². The highest BCUT2D eigenvalue weighted by Gasteiger charge is 2.37. The predicted octanol–water partition coefficient (Wildman–Crippen LogP) is 3.81. The average molecular weight is 329 g/mol. The second kappa shape index (κ2) is 5.28. The Kier molecular flexibility index (Phi) is 3.47. The third kappa shape index (κ3) is 2.31. The molecule has 2 aromatic carbocycles. The first-order valence-corrected chi connectivity index (χ1v) is 7.14. The van der Waals surface area contributed by atoms with Gasteiger partial charge in [-0.3, -0.25) is 0 Å². The van der Waals surface area contributed by atoms with Crippen molar-refractivity contribution >= 4 is 21.6 Å². The number of nitriles is 1. The van der Waals surface area contributed by atoms with Crippen molar-refractivity contribution in [3.05, 3.63) is 64.1 Å². The van der Waals surface area contributed by atoms with Crippen LogP contribution in [0.2, 0.25) is 0 Å². The van der Waals surface area contributed by atoms with Crippen molar-refractivity contribution in [1.82, 2.24) is 0 Å². The lowest BCUT2D eigenvalue weighted by Gasteiger charge is -2.34. The van der Waals surface area contributed by atoms with Crippen LogP contribution >= 0.6 is 15.9 Å².